The molecule has 0 amide bonds. The Morgan fingerprint density at radius 1 is 0.518 bits per heavy atom. The third kappa shape index (κ3) is 7.52. The van der Waals surface area contributed by atoms with E-state index in [0.29, 0.717) is 0 Å². The summed E-state index contributed by atoms with van der Waals surface area (Å²) in [6.07, 6.45) is 0. The lowest BCUT2D eigenvalue weighted by Gasteiger charge is -2.12. The van der Waals surface area contributed by atoms with Crippen LogP contribution in [-0.2, 0) is 20.2 Å². The van der Waals surface area contributed by atoms with Crippen molar-refractivity contribution < 1.29 is 56.0 Å². The Labute approximate surface area is 342 Å². The number of fused-ring (bicyclic) bond motifs is 2. The number of carboxylic acids is 2. The fraction of sp³-hybridized carbons (Fsp3) is 0. The number of nitrogen functional groups attached to an aromatic ring is 2. The quantitative estimate of drug-likeness (QED) is 0.0293. The molecule has 0 aliphatic carbocycles. The number of phenols is 2. The molecule has 6 rings (SSSR count). The van der Waals surface area contributed by atoms with Gasteiger partial charge in [-0.05, 0) is 117 Å². The van der Waals surface area contributed by atoms with Crippen molar-refractivity contribution in [3.8, 4) is 22.6 Å². The molecule has 0 atom stereocenters. The van der Waals surface area contributed by atoms with Gasteiger partial charge in [-0.15, -0.1) is 20.5 Å². The summed E-state index contributed by atoms with van der Waals surface area (Å²) >= 11 is 3.52. The van der Waals surface area contributed by atoms with Gasteiger partial charge in [0.2, 0.25) is 0 Å². The first-order valence-corrected chi connectivity index (χ1v) is 20.2. The standard InChI is InChI=1S/C34H22I2N6O12S2/c35-17-11-23(31(43)29-19(37)3-7-25(27(17)29)55(49,50)51)41-39-21-5-1-13(9-15(21)33(45)46)14-2-6-22(16(10-14)34(47)48)40-42-24-12-18(36)28-26(56(52,53)54)8-4-20(38)30(28)32(24)44/h1-12,43-44H,37-38H2,(H,45,46)(H,47,48)(H,49,50,51)(H,52,53,54)/b41-39+,42-40+. The minimum atomic E-state index is -4.70. The smallest absolute Gasteiger partial charge is 0.337 e. The van der Waals surface area contributed by atoms with Crippen LogP contribution in [0.25, 0.3) is 32.7 Å². The number of hydrogen-bond acceptors (Lipinski definition) is 14. The van der Waals surface area contributed by atoms with Crippen molar-refractivity contribution >= 4 is 133 Å². The van der Waals surface area contributed by atoms with Gasteiger partial charge in [0, 0.05) is 29.3 Å². The third-order valence-corrected chi connectivity index (χ3v) is 11.7. The van der Waals surface area contributed by atoms with E-state index in [1.54, 1.807) is 45.2 Å². The van der Waals surface area contributed by atoms with Gasteiger partial charge < -0.3 is 31.9 Å². The van der Waals surface area contributed by atoms with Gasteiger partial charge >= 0.3 is 11.9 Å². The van der Waals surface area contributed by atoms with E-state index in [1.165, 1.54) is 60.7 Å². The topological polar surface area (TPSA) is 325 Å². The van der Waals surface area contributed by atoms with Crippen LogP contribution in [0.5, 0.6) is 11.5 Å². The number of nitrogens with two attached hydrogens (primary N) is 2. The van der Waals surface area contributed by atoms with Gasteiger partial charge in [-0.1, -0.05) is 12.1 Å². The van der Waals surface area contributed by atoms with Crippen molar-refractivity contribution in [1.29, 1.82) is 0 Å². The van der Waals surface area contributed by atoms with Crippen LogP contribution >= 0.6 is 45.2 Å². The van der Waals surface area contributed by atoms with E-state index in [-0.39, 0.29) is 85.1 Å². The molecule has 0 saturated heterocycles. The van der Waals surface area contributed by atoms with Crippen LogP contribution in [0.1, 0.15) is 20.7 Å². The Morgan fingerprint density at radius 3 is 1.18 bits per heavy atom. The number of azo groups is 2. The van der Waals surface area contributed by atoms with Gasteiger partial charge in [0.05, 0.1) is 21.9 Å². The lowest BCUT2D eigenvalue weighted by molar-refractivity contribution is 0.0686. The first-order valence-electron chi connectivity index (χ1n) is 15.2. The SMILES string of the molecule is Nc1ccc(S(=O)(=O)O)c2c(I)cc(/N=N/c3ccc(-c4ccc(/N=N/c5cc(I)c6c(S(=O)(=O)O)ccc(N)c6c5O)c(C(=O)O)c4)cc3C(=O)O)c(O)c12. The zero-order valence-electron chi connectivity index (χ0n) is 27.6. The number of halogens is 2. The number of rotatable bonds is 9. The summed E-state index contributed by atoms with van der Waals surface area (Å²) < 4.78 is 67.7. The van der Waals surface area contributed by atoms with Crippen LogP contribution in [0, 0.1) is 7.14 Å². The maximum atomic E-state index is 12.3. The number of carbonyl (C=O) groups is 2. The molecule has 0 saturated carbocycles. The maximum absolute atomic E-state index is 12.3. The fourth-order valence-corrected chi connectivity index (χ4v) is 9.20. The second kappa shape index (κ2) is 14.8. The van der Waals surface area contributed by atoms with Crippen molar-refractivity contribution in [2.75, 3.05) is 11.5 Å². The number of anilines is 2. The molecule has 0 fully saturated rings. The highest BCUT2D eigenvalue weighted by Crippen LogP contribution is 2.45. The number of carboxylic acid groups (broad SMARTS) is 2. The lowest BCUT2D eigenvalue weighted by atomic mass is 9.99. The summed E-state index contributed by atoms with van der Waals surface area (Å²) in [6, 6.07) is 14.9. The van der Waals surface area contributed by atoms with E-state index in [2.05, 4.69) is 20.5 Å². The Kier molecular flexibility index (Phi) is 10.6. The molecule has 0 heterocycles. The first-order chi connectivity index (χ1) is 26.2. The Balaban J connectivity index is 1.37. The van der Waals surface area contributed by atoms with E-state index in [0.717, 1.165) is 12.1 Å². The minimum Gasteiger partial charge on any atom is -0.505 e. The minimum absolute atomic E-state index is 0.0349. The average molecular weight is 1020 g/mol. The summed E-state index contributed by atoms with van der Waals surface area (Å²) in [7, 11) is -9.41. The molecular weight excluding hydrogens is 1000 g/mol. The van der Waals surface area contributed by atoms with E-state index in [9.17, 15) is 56.0 Å². The van der Waals surface area contributed by atoms with Gasteiger partial charge in [-0.2, -0.15) is 16.8 Å². The molecule has 286 valence electrons. The average Bonchev–Trinajstić information content (AvgIpc) is 3.12. The largest absolute Gasteiger partial charge is 0.505 e. The van der Waals surface area contributed by atoms with Crippen LogP contribution < -0.4 is 11.5 Å². The number of phenolic OH excluding ortho intramolecular Hbond substituents is 2. The van der Waals surface area contributed by atoms with Crippen LogP contribution in [0.4, 0.5) is 34.1 Å². The van der Waals surface area contributed by atoms with Crippen LogP contribution in [-0.4, -0.2) is 58.3 Å². The summed E-state index contributed by atoms with van der Waals surface area (Å²) in [4.78, 5) is 23.6. The monoisotopic (exact) mass is 1020 g/mol. The molecular formula is C34H22I2N6O12S2. The molecule has 0 aromatic heterocycles. The molecule has 6 aromatic carbocycles. The number of hydrogen-bond donors (Lipinski definition) is 8. The van der Waals surface area contributed by atoms with E-state index in [1.807, 2.05) is 0 Å². The predicted molar refractivity (Wildman–Crippen MR) is 219 cm³/mol. The summed E-state index contributed by atoms with van der Waals surface area (Å²) in [5.41, 5.74) is 11.0. The molecule has 0 aliphatic heterocycles. The van der Waals surface area contributed by atoms with Crippen molar-refractivity contribution in [2.45, 2.75) is 9.79 Å². The molecule has 6 aromatic rings. The molecule has 0 bridgehead atoms. The van der Waals surface area contributed by atoms with Crippen LogP contribution in [0.3, 0.4) is 0 Å². The van der Waals surface area contributed by atoms with Crippen molar-refractivity contribution in [3.63, 3.8) is 0 Å². The Morgan fingerprint density at radius 2 is 0.857 bits per heavy atom. The van der Waals surface area contributed by atoms with Gasteiger partial charge in [0.25, 0.3) is 20.2 Å². The zero-order chi connectivity index (χ0) is 41.0. The number of nitrogens with zero attached hydrogens (tertiary/aromatic N) is 4. The second-order valence-electron chi connectivity index (χ2n) is 11.7. The molecule has 0 unspecified atom stereocenters. The molecule has 0 aliphatic rings. The highest BCUT2D eigenvalue weighted by Gasteiger charge is 2.24. The van der Waals surface area contributed by atoms with Crippen molar-refractivity contribution in [2.24, 2.45) is 20.5 Å². The van der Waals surface area contributed by atoms with Gasteiger partial charge in [0.1, 0.15) is 32.5 Å². The number of benzene rings is 6. The van der Waals surface area contributed by atoms with Gasteiger partial charge in [-0.3, -0.25) is 9.11 Å². The molecule has 22 heteroatoms. The Hall–Kier alpha value is -5.54. The Bertz CT molecular complexity index is 2810. The molecule has 0 spiro atoms. The van der Waals surface area contributed by atoms with Crippen LogP contribution in [0.2, 0.25) is 0 Å². The normalized spacial score (nSPS) is 12.3. The fourth-order valence-electron chi connectivity index (χ4n) is 5.71. The maximum Gasteiger partial charge on any atom is 0.337 e. The second-order valence-corrected chi connectivity index (χ2v) is 16.8. The highest BCUT2D eigenvalue weighted by molar-refractivity contribution is 14.1. The molecule has 18 nitrogen and oxygen atoms in total. The van der Waals surface area contributed by atoms with Gasteiger partial charge in [-0.25, -0.2) is 9.59 Å². The lowest BCUT2D eigenvalue weighted by Crippen LogP contribution is -2.02. The third-order valence-electron chi connectivity index (χ3n) is 8.24. The predicted octanol–water partition coefficient (Wildman–Crippen LogP) is 8.17. The van der Waals surface area contributed by atoms with Crippen LogP contribution in [0.15, 0.2) is 103 Å². The highest BCUT2D eigenvalue weighted by atomic mass is 127. The molecule has 10 N–H and O–H groups in total. The summed E-state index contributed by atoms with van der Waals surface area (Å²) in [6.45, 7) is 0. The summed E-state index contributed by atoms with van der Waals surface area (Å²) in [5.74, 6) is -4.03. The molecule has 0 radical (unpaired) electrons. The molecule has 56 heavy (non-hydrogen) atoms. The van der Waals surface area contributed by atoms with E-state index < -0.39 is 53.5 Å². The number of aromatic hydroxyl groups is 2. The zero-order valence-corrected chi connectivity index (χ0v) is 33.5. The van der Waals surface area contributed by atoms with Crippen molar-refractivity contribution in [3.05, 3.63) is 91.1 Å². The first kappa shape index (κ1) is 40.1. The van der Waals surface area contributed by atoms with Crippen molar-refractivity contribution in [1.82, 2.24) is 0 Å². The van der Waals surface area contributed by atoms with E-state index >= 15 is 0 Å². The summed E-state index contributed by atoms with van der Waals surface area (Å²) in [5, 5.41) is 57.5. The van der Waals surface area contributed by atoms with E-state index in [4.69, 9.17) is 11.5 Å². The van der Waals surface area contributed by atoms with Gasteiger partial charge in [0.15, 0.2) is 11.5 Å². The number of aromatic carboxylic acids is 2.